The lowest BCUT2D eigenvalue weighted by molar-refractivity contribution is 0.684. The van der Waals surface area contributed by atoms with Crippen LogP contribution in [0.2, 0.25) is 0 Å². The molecule has 3 aromatic rings. The molecule has 0 unspecified atom stereocenters. The van der Waals surface area contributed by atoms with Crippen LogP contribution in [0.3, 0.4) is 0 Å². The Morgan fingerprint density at radius 3 is 2.95 bits per heavy atom. The molecule has 2 heterocycles. The highest BCUT2D eigenvalue weighted by Gasteiger charge is 2.07. The van der Waals surface area contributed by atoms with Crippen molar-refractivity contribution in [2.24, 2.45) is 0 Å². The van der Waals surface area contributed by atoms with Crippen molar-refractivity contribution >= 4 is 16.7 Å². The Morgan fingerprint density at radius 1 is 1.25 bits per heavy atom. The number of para-hydroxylation sites is 1. The SMILES string of the molecule is CCCNc1nc2ccccc2cc1Cn1cncn1. The monoisotopic (exact) mass is 267 g/mol. The van der Waals surface area contributed by atoms with Crippen LogP contribution in [0.25, 0.3) is 10.9 Å². The molecule has 0 saturated carbocycles. The van der Waals surface area contributed by atoms with Crippen LogP contribution in [0.4, 0.5) is 5.82 Å². The van der Waals surface area contributed by atoms with Crippen LogP contribution in [0.5, 0.6) is 0 Å². The standard InChI is InChI=1S/C15H17N5/c1-2-7-17-15-13(9-20-11-16-10-18-20)8-12-5-3-4-6-14(12)19-15/h3-6,8,10-11H,2,7,9H2,1H3,(H,17,19). The van der Waals surface area contributed by atoms with Crippen molar-refractivity contribution < 1.29 is 0 Å². The van der Waals surface area contributed by atoms with E-state index in [9.17, 15) is 0 Å². The minimum Gasteiger partial charge on any atom is -0.370 e. The topological polar surface area (TPSA) is 55.6 Å². The van der Waals surface area contributed by atoms with E-state index in [1.807, 2.05) is 22.9 Å². The maximum absolute atomic E-state index is 4.72. The highest BCUT2D eigenvalue weighted by Crippen LogP contribution is 2.21. The summed E-state index contributed by atoms with van der Waals surface area (Å²) in [5, 5.41) is 8.70. The Labute approximate surface area is 117 Å². The van der Waals surface area contributed by atoms with E-state index in [2.05, 4.69) is 34.5 Å². The van der Waals surface area contributed by atoms with Crippen molar-refractivity contribution in [3.8, 4) is 0 Å². The third kappa shape index (κ3) is 2.61. The fourth-order valence-corrected chi connectivity index (χ4v) is 2.17. The number of fused-ring (bicyclic) bond motifs is 1. The van der Waals surface area contributed by atoms with Gasteiger partial charge < -0.3 is 5.32 Å². The van der Waals surface area contributed by atoms with Gasteiger partial charge in [-0.25, -0.2) is 14.6 Å². The van der Waals surface area contributed by atoms with Gasteiger partial charge in [0.15, 0.2) is 0 Å². The van der Waals surface area contributed by atoms with Crippen LogP contribution in [0, 0.1) is 0 Å². The van der Waals surface area contributed by atoms with Crippen molar-refractivity contribution in [1.82, 2.24) is 19.7 Å². The normalized spacial score (nSPS) is 10.8. The quantitative estimate of drug-likeness (QED) is 0.772. The lowest BCUT2D eigenvalue weighted by Gasteiger charge is -2.12. The molecule has 5 nitrogen and oxygen atoms in total. The van der Waals surface area contributed by atoms with Gasteiger partial charge >= 0.3 is 0 Å². The average Bonchev–Trinajstić information content (AvgIpc) is 2.98. The minimum atomic E-state index is 0.671. The third-order valence-corrected chi connectivity index (χ3v) is 3.14. The van der Waals surface area contributed by atoms with Gasteiger partial charge in [0, 0.05) is 17.5 Å². The fourth-order valence-electron chi connectivity index (χ4n) is 2.17. The molecule has 20 heavy (non-hydrogen) atoms. The molecule has 0 aliphatic carbocycles. The number of nitrogens with one attached hydrogen (secondary N) is 1. The van der Waals surface area contributed by atoms with Gasteiger partial charge in [0.1, 0.15) is 18.5 Å². The average molecular weight is 267 g/mol. The first-order valence-corrected chi connectivity index (χ1v) is 6.82. The number of hydrogen-bond acceptors (Lipinski definition) is 4. The van der Waals surface area contributed by atoms with E-state index in [0.717, 1.165) is 35.2 Å². The van der Waals surface area contributed by atoms with Gasteiger partial charge in [-0.1, -0.05) is 25.1 Å². The predicted molar refractivity (Wildman–Crippen MR) is 79.6 cm³/mol. The smallest absolute Gasteiger partial charge is 0.137 e. The Balaban J connectivity index is 2.01. The van der Waals surface area contributed by atoms with Crippen LogP contribution in [-0.2, 0) is 6.54 Å². The molecule has 0 bridgehead atoms. The summed E-state index contributed by atoms with van der Waals surface area (Å²) in [4.78, 5) is 8.70. The molecule has 0 aliphatic rings. The molecule has 1 aromatic carbocycles. The molecule has 1 N–H and O–H groups in total. The second kappa shape index (κ2) is 5.69. The summed E-state index contributed by atoms with van der Waals surface area (Å²) < 4.78 is 1.81. The molecule has 5 heteroatoms. The molecular formula is C15H17N5. The van der Waals surface area contributed by atoms with Crippen LogP contribution >= 0.6 is 0 Å². The molecule has 0 atom stereocenters. The van der Waals surface area contributed by atoms with E-state index in [-0.39, 0.29) is 0 Å². The van der Waals surface area contributed by atoms with E-state index in [4.69, 9.17) is 4.98 Å². The summed E-state index contributed by atoms with van der Waals surface area (Å²) in [6.45, 7) is 3.73. The summed E-state index contributed by atoms with van der Waals surface area (Å²) in [5.41, 5.74) is 2.14. The van der Waals surface area contributed by atoms with Gasteiger partial charge in [-0.05, 0) is 18.6 Å². The number of anilines is 1. The number of nitrogens with zero attached hydrogens (tertiary/aromatic N) is 4. The third-order valence-electron chi connectivity index (χ3n) is 3.14. The Bertz CT molecular complexity index is 691. The first-order chi connectivity index (χ1) is 9.86. The van der Waals surface area contributed by atoms with Crippen molar-refractivity contribution in [3.05, 3.63) is 48.5 Å². The zero-order valence-corrected chi connectivity index (χ0v) is 11.5. The highest BCUT2D eigenvalue weighted by atomic mass is 15.3. The van der Waals surface area contributed by atoms with Crippen molar-refractivity contribution in [2.45, 2.75) is 19.9 Å². The molecular weight excluding hydrogens is 250 g/mol. The van der Waals surface area contributed by atoms with Gasteiger partial charge in [0.2, 0.25) is 0 Å². The van der Waals surface area contributed by atoms with Gasteiger partial charge in [-0.2, -0.15) is 5.10 Å². The molecule has 0 aliphatic heterocycles. The first-order valence-electron chi connectivity index (χ1n) is 6.82. The van der Waals surface area contributed by atoms with E-state index >= 15 is 0 Å². The van der Waals surface area contributed by atoms with Gasteiger partial charge in [0.05, 0.1) is 12.1 Å². The van der Waals surface area contributed by atoms with Crippen LogP contribution in [0.15, 0.2) is 43.0 Å². The van der Waals surface area contributed by atoms with E-state index < -0.39 is 0 Å². The largest absolute Gasteiger partial charge is 0.370 e. The van der Waals surface area contributed by atoms with Crippen molar-refractivity contribution in [3.63, 3.8) is 0 Å². The molecule has 2 aromatic heterocycles. The summed E-state index contributed by atoms with van der Waals surface area (Å²) in [5.74, 6) is 0.932. The number of rotatable bonds is 5. The molecule has 0 fully saturated rings. The number of benzene rings is 1. The molecule has 0 spiro atoms. The molecule has 3 rings (SSSR count). The summed E-state index contributed by atoms with van der Waals surface area (Å²) in [6.07, 6.45) is 4.34. The Kier molecular flexibility index (Phi) is 3.58. The molecule has 0 amide bonds. The zero-order valence-electron chi connectivity index (χ0n) is 11.5. The van der Waals surface area contributed by atoms with Gasteiger partial charge in [-0.3, -0.25) is 0 Å². The summed E-state index contributed by atoms with van der Waals surface area (Å²) >= 11 is 0. The second-order valence-corrected chi connectivity index (χ2v) is 4.71. The number of aromatic nitrogens is 4. The second-order valence-electron chi connectivity index (χ2n) is 4.71. The Hall–Kier alpha value is -2.43. The predicted octanol–water partition coefficient (Wildman–Crippen LogP) is 2.70. The molecule has 0 radical (unpaired) electrons. The minimum absolute atomic E-state index is 0.671. The van der Waals surface area contributed by atoms with E-state index in [0.29, 0.717) is 6.54 Å². The summed E-state index contributed by atoms with van der Waals surface area (Å²) in [7, 11) is 0. The van der Waals surface area contributed by atoms with Crippen molar-refractivity contribution in [1.29, 1.82) is 0 Å². The Morgan fingerprint density at radius 2 is 2.15 bits per heavy atom. The van der Waals surface area contributed by atoms with Crippen LogP contribution in [0.1, 0.15) is 18.9 Å². The fraction of sp³-hybridized carbons (Fsp3) is 0.267. The lowest BCUT2D eigenvalue weighted by Crippen LogP contribution is -2.09. The van der Waals surface area contributed by atoms with E-state index in [1.165, 1.54) is 0 Å². The van der Waals surface area contributed by atoms with Crippen LogP contribution < -0.4 is 5.32 Å². The number of hydrogen-bond donors (Lipinski definition) is 1. The highest BCUT2D eigenvalue weighted by molar-refractivity contribution is 5.81. The van der Waals surface area contributed by atoms with Crippen molar-refractivity contribution in [2.75, 3.05) is 11.9 Å². The first kappa shape index (κ1) is 12.6. The summed E-state index contributed by atoms with van der Waals surface area (Å²) in [6, 6.07) is 10.3. The molecule has 102 valence electrons. The van der Waals surface area contributed by atoms with E-state index in [1.54, 1.807) is 12.7 Å². The number of pyridine rings is 1. The maximum Gasteiger partial charge on any atom is 0.137 e. The van der Waals surface area contributed by atoms with Crippen LogP contribution in [-0.4, -0.2) is 26.3 Å². The lowest BCUT2D eigenvalue weighted by atomic mass is 10.1. The molecule has 0 saturated heterocycles. The van der Waals surface area contributed by atoms with Gasteiger partial charge in [0.25, 0.3) is 0 Å². The van der Waals surface area contributed by atoms with Gasteiger partial charge in [-0.15, -0.1) is 0 Å². The maximum atomic E-state index is 4.72. The zero-order chi connectivity index (χ0) is 13.8.